The Kier molecular flexibility index (Phi) is 7.28. The molecule has 0 spiro atoms. The van der Waals surface area contributed by atoms with E-state index in [-0.39, 0.29) is 18.1 Å². The number of urea groups is 1. The maximum absolute atomic E-state index is 13.2. The minimum absolute atomic E-state index is 0.0563. The van der Waals surface area contributed by atoms with Gasteiger partial charge >= 0.3 is 6.03 Å². The second-order valence-corrected chi connectivity index (χ2v) is 8.56. The summed E-state index contributed by atoms with van der Waals surface area (Å²) < 4.78 is 7.32. The molecule has 1 aliphatic rings. The van der Waals surface area contributed by atoms with Crippen LogP contribution in [-0.2, 0) is 0 Å². The van der Waals surface area contributed by atoms with Gasteiger partial charge in [-0.1, -0.05) is 18.2 Å². The molecule has 0 aliphatic carbocycles. The number of ether oxygens (including phenoxy) is 1. The number of piperidine rings is 1. The standard InChI is InChI=1S/C25H31N7O2/c1-4-32(25(33)28-21-9-6-12-30(16-21)13-10-26)18(2)19-7-5-8-20(15-19)22-17-31-14-11-27-23(31)24(29-22)34-3/h5,7-8,11,14-15,17-18,21H,4,6,9,12-13,16H2,1-3H3,(H,28,33)/t18-,21-/m1/s1. The predicted molar refractivity (Wildman–Crippen MR) is 129 cm³/mol. The first-order valence-corrected chi connectivity index (χ1v) is 11.7. The maximum atomic E-state index is 13.2. The number of carbonyl (C=O) groups excluding carboxylic acids is 1. The summed E-state index contributed by atoms with van der Waals surface area (Å²) in [7, 11) is 1.59. The van der Waals surface area contributed by atoms with E-state index in [0.29, 0.717) is 31.2 Å². The normalized spacial score (nSPS) is 17.2. The third-order valence-electron chi connectivity index (χ3n) is 6.40. The molecule has 1 saturated heterocycles. The lowest BCUT2D eigenvalue weighted by Crippen LogP contribution is -2.52. The molecule has 2 amide bonds. The number of rotatable bonds is 7. The summed E-state index contributed by atoms with van der Waals surface area (Å²) >= 11 is 0. The van der Waals surface area contributed by atoms with Gasteiger partial charge in [0.2, 0.25) is 0 Å². The number of likely N-dealkylation sites (tertiary alicyclic amines) is 1. The number of nitrogens with zero attached hydrogens (tertiary/aromatic N) is 6. The second kappa shape index (κ2) is 10.5. The SMILES string of the molecule is CCN(C(=O)N[C@@H]1CCCN(CC#N)C1)[C@H](C)c1cccc(-c2cn3ccnc3c(OC)n2)c1. The van der Waals surface area contributed by atoms with E-state index in [4.69, 9.17) is 10.00 Å². The van der Waals surface area contributed by atoms with Gasteiger partial charge in [-0.05, 0) is 44.9 Å². The number of benzene rings is 1. The van der Waals surface area contributed by atoms with E-state index in [2.05, 4.69) is 32.3 Å². The topological polar surface area (TPSA) is 98.8 Å². The van der Waals surface area contributed by atoms with Crippen molar-refractivity contribution in [2.45, 2.75) is 38.8 Å². The van der Waals surface area contributed by atoms with Gasteiger partial charge in [0.1, 0.15) is 0 Å². The molecule has 178 valence electrons. The molecule has 0 bridgehead atoms. The van der Waals surface area contributed by atoms with Gasteiger partial charge < -0.3 is 19.4 Å². The highest BCUT2D eigenvalue weighted by Crippen LogP contribution is 2.28. The lowest BCUT2D eigenvalue weighted by Gasteiger charge is -2.35. The Hall–Kier alpha value is -3.64. The van der Waals surface area contributed by atoms with E-state index in [9.17, 15) is 4.79 Å². The number of hydrogen-bond donors (Lipinski definition) is 1. The van der Waals surface area contributed by atoms with Crippen LogP contribution in [0.5, 0.6) is 5.88 Å². The monoisotopic (exact) mass is 461 g/mol. The Morgan fingerprint density at radius 2 is 2.29 bits per heavy atom. The van der Waals surface area contributed by atoms with Gasteiger partial charge in [0.25, 0.3) is 5.88 Å². The molecule has 1 fully saturated rings. The Morgan fingerprint density at radius 1 is 1.44 bits per heavy atom. The second-order valence-electron chi connectivity index (χ2n) is 8.56. The van der Waals surface area contributed by atoms with Crippen molar-refractivity contribution in [1.29, 1.82) is 5.26 Å². The first kappa shape index (κ1) is 23.5. The number of amides is 2. The number of methoxy groups -OCH3 is 1. The molecule has 3 heterocycles. The lowest BCUT2D eigenvalue weighted by atomic mass is 10.0. The average Bonchev–Trinajstić information content (AvgIpc) is 3.33. The third kappa shape index (κ3) is 4.97. The predicted octanol–water partition coefficient (Wildman–Crippen LogP) is 3.49. The minimum Gasteiger partial charge on any atom is -0.478 e. The number of nitriles is 1. The van der Waals surface area contributed by atoms with Crippen molar-refractivity contribution in [3.8, 4) is 23.2 Å². The highest BCUT2D eigenvalue weighted by molar-refractivity contribution is 5.75. The van der Waals surface area contributed by atoms with E-state index in [0.717, 1.165) is 36.2 Å². The van der Waals surface area contributed by atoms with Gasteiger partial charge in [-0.25, -0.2) is 14.8 Å². The van der Waals surface area contributed by atoms with Crippen LogP contribution in [-0.4, -0.2) is 69.5 Å². The van der Waals surface area contributed by atoms with Crippen LogP contribution in [0.4, 0.5) is 4.79 Å². The van der Waals surface area contributed by atoms with E-state index in [1.54, 1.807) is 13.3 Å². The molecule has 1 N–H and O–H groups in total. The number of fused-ring (bicyclic) bond motifs is 1. The van der Waals surface area contributed by atoms with Gasteiger partial charge in [0.15, 0.2) is 5.65 Å². The highest BCUT2D eigenvalue weighted by Gasteiger charge is 2.26. The zero-order valence-electron chi connectivity index (χ0n) is 19.9. The summed E-state index contributed by atoms with van der Waals surface area (Å²) in [5.74, 6) is 0.466. The Morgan fingerprint density at radius 3 is 3.06 bits per heavy atom. The molecule has 9 heteroatoms. The van der Waals surface area contributed by atoms with Crippen molar-refractivity contribution in [3.05, 3.63) is 48.4 Å². The molecule has 3 aromatic rings. The average molecular weight is 462 g/mol. The van der Waals surface area contributed by atoms with Crippen molar-refractivity contribution in [2.75, 3.05) is 33.3 Å². The Balaban J connectivity index is 1.52. The zero-order chi connectivity index (χ0) is 24.1. The number of aromatic nitrogens is 3. The van der Waals surface area contributed by atoms with Gasteiger partial charge in [-0.2, -0.15) is 5.26 Å². The Bertz CT molecular complexity index is 1190. The summed E-state index contributed by atoms with van der Waals surface area (Å²) in [5, 5.41) is 12.2. The summed E-state index contributed by atoms with van der Waals surface area (Å²) in [6.07, 6.45) is 7.41. The van der Waals surface area contributed by atoms with E-state index in [1.807, 2.05) is 53.7 Å². The number of carbonyl (C=O) groups is 1. The van der Waals surface area contributed by atoms with Crippen molar-refractivity contribution < 1.29 is 9.53 Å². The van der Waals surface area contributed by atoms with Crippen LogP contribution in [0.2, 0.25) is 0 Å². The van der Waals surface area contributed by atoms with Crippen molar-refractivity contribution in [1.82, 2.24) is 29.5 Å². The van der Waals surface area contributed by atoms with Crippen LogP contribution in [0.1, 0.15) is 38.3 Å². The molecular formula is C25H31N7O2. The van der Waals surface area contributed by atoms with Crippen molar-refractivity contribution >= 4 is 11.7 Å². The fourth-order valence-electron chi connectivity index (χ4n) is 4.58. The van der Waals surface area contributed by atoms with E-state index < -0.39 is 0 Å². The van der Waals surface area contributed by atoms with Gasteiger partial charge in [-0.15, -0.1) is 0 Å². The molecule has 9 nitrogen and oxygen atoms in total. The fraction of sp³-hybridized carbons (Fsp3) is 0.440. The zero-order valence-corrected chi connectivity index (χ0v) is 19.9. The van der Waals surface area contributed by atoms with Crippen molar-refractivity contribution in [3.63, 3.8) is 0 Å². The van der Waals surface area contributed by atoms with Crippen LogP contribution in [0, 0.1) is 11.3 Å². The summed E-state index contributed by atoms with van der Waals surface area (Å²) in [5.41, 5.74) is 3.40. The van der Waals surface area contributed by atoms with Crippen LogP contribution in [0.15, 0.2) is 42.9 Å². The molecule has 2 atom stereocenters. The first-order valence-electron chi connectivity index (χ1n) is 11.7. The molecule has 0 radical (unpaired) electrons. The molecule has 4 rings (SSSR count). The highest BCUT2D eigenvalue weighted by atomic mass is 16.5. The number of imidazole rings is 1. The fourth-order valence-corrected chi connectivity index (χ4v) is 4.58. The summed E-state index contributed by atoms with van der Waals surface area (Å²) in [6.45, 7) is 6.63. The molecule has 34 heavy (non-hydrogen) atoms. The first-order chi connectivity index (χ1) is 16.5. The quantitative estimate of drug-likeness (QED) is 0.541. The smallest absolute Gasteiger partial charge is 0.318 e. The number of hydrogen-bond acceptors (Lipinski definition) is 6. The molecule has 2 aromatic heterocycles. The third-order valence-corrected chi connectivity index (χ3v) is 6.40. The molecule has 1 aliphatic heterocycles. The molecule has 0 unspecified atom stereocenters. The van der Waals surface area contributed by atoms with Crippen LogP contribution in [0.25, 0.3) is 16.9 Å². The van der Waals surface area contributed by atoms with E-state index in [1.165, 1.54) is 0 Å². The van der Waals surface area contributed by atoms with Gasteiger partial charge in [0.05, 0.1) is 31.5 Å². The van der Waals surface area contributed by atoms with Gasteiger partial charge in [-0.3, -0.25) is 4.90 Å². The number of nitrogens with one attached hydrogen (secondary N) is 1. The molecule has 0 saturated carbocycles. The minimum atomic E-state index is -0.123. The Labute approximate surface area is 200 Å². The van der Waals surface area contributed by atoms with Crippen LogP contribution >= 0.6 is 0 Å². The summed E-state index contributed by atoms with van der Waals surface area (Å²) in [4.78, 5) is 26.0. The van der Waals surface area contributed by atoms with Crippen LogP contribution in [0.3, 0.4) is 0 Å². The summed E-state index contributed by atoms with van der Waals surface area (Å²) in [6, 6.07) is 10.2. The van der Waals surface area contributed by atoms with Gasteiger partial charge in [0, 0.05) is 43.3 Å². The maximum Gasteiger partial charge on any atom is 0.318 e. The molecule has 1 aromatic carbocycles. The van der Waals surface area contributed by atoms with Crippen LogP contribution < -0.4 is 10.1 Å². The van der Waals surface area contributed by atoms with Crippen molar-refractivity contribution in [2.24, 2.45) is 0 Å². The molecular weight excluding hydrogens is 430 g/mol. The lowest BCUT2D eigenvalue weighted by molar-refractivity contribution is 0.163. The largest absolute Gasteiger partial charge is 0.478 e. The van der Waals surface area contributed by atoms with E-state index >= 15 is 0 Å².